The third-order valence-electron chi connectivity index (χ3n) is 1.30. The normalized spacial score (nSPS) is 33.1. The van der Waals surface area contributed by atoms with Crippen LogP contribution in [0.3, 0.4) is 0 Å². The second-order valence-electron chi connectivity index (χ2n) is 2.05. The van der Waals surface area contributed by atoms with Crippen LogP contribution in [0.2, 0.25) is 0 Å². The van der Waals surface area contributed by atoms with Gasteiger partial charge in [-0.15, -0.1) is 0 Å². The van der Waals surface area contributed by atoms with E-state index in [1.807, 2.05) is 0 Å². The van der Waals surface area contributed by atoms with E-state index >= 15 is 0 Å². The number of hydrogen-bond donors (Lipinski definition) is 0. The van der Waals surface area contributed by atoms with Crippen LogP contribution in [-0.4, -0.2) is 16.4 Å². The summed E-state index contributed by atoms with van der Waals surface area (Å²) in [7, 11) is 0. The Morgan fingerprint density at radius 1 is 1.67 bits per heavy atom. The minimum atomic E-state index is -0.695. The lowest BCUT2D eigenvalue weighted by Gasteiger charge is -2.29. The highest BCUT2D eigenvalue weighted by Crippen LogP contribution is 2.29. The summed E-state index contributed by atoms with van der Waals surface area (Å²) in [4.78, 5) is 10.6. The Labute approximate surface area is 66.6 Å². The minimum absolute atomic E-state index is 0.0550. The molecule has 0 spiro atoms. The van der Waals surface area contributed by atoms with Gasteiger partial charge >= 0.3 is 5.43 Å². The second kappa shape index (κ2) is 2.88. The molecular formula is C5H6BrClO2. The van der Waals surface area contributed by atoms with Crippen LogP contribution in [0, 0.1) is 0 Å². The number of ether oxygens (including phenoxy) is 1. The summed E-state index contributed by atoms with van der Waals surface area (Å²) in [5, 5.41) is 0. The maximum absolute atomic E-state index is 10.1. The first-order chi connectivity index (χ1) is 4.18. The Balaban J connectivity index is 2.11. The molecule has 0 aromatic rings. The van der Waals surface area contributed by atoms with E-state index in [0.717, 1.165) is 12.8 Å². The Morgan fingerprint density at radius 2 is 2.22 bits per heavy atom. The van der Waals surface area contributed by atoms with Gasteiger partial charge in [0.05, 0.1) is 0 Å². The number of rotatable bonds is 1. The van der Waals surface area contributed by atoms with Crippen LogP contribution in [0.15, 0.2) is 0 Å². The number of alkyl halides is 1. The smallest absolute Gasteiger partial charge is 0.404 e. The van der Waals surface area contributed by atoms with Crippen molar-refractivity contribution in [3.8, 4) is 0 Å². The van der Waals surface area contributed by atoms with E-state index in [0.29, 0.717) is 4.83 Å². The van der Waals surface area contributed by atoms with Crippen molar-refractivity contribution in [1.82, 2.24) is 0 Å². The molecule has 52 valence electrons. The van der Waals surface area contributed by atoms with Crippen molar-refractivity contribution in [3.63, 3.8) is 0 Å². The van der Waals surface area contributed by atoms with Crippen LogP contribution < -0.4 is 0 Å². The van der Waals surface area contributed by atoms with Gasteiger partial charge in [0.25, 0.3) is 0 Å². The first kappa shape index (κ1) is 7.35. The third-order valence-corrected chi connectivity index (χ3v) is 2.13. The van der Waals surface area contributed by atoms with Gasteiger partial charge in [-0.2, -0.15) is 0 Å². The van der Waals surface area contributed by atoms with Crippen LogP contribution >= 0.6 is 27.5 Å². The average molecular weight is 213 g/mol. The molecule has 0 amide bonds. The Hall–Kier alpha value is 0.240. The predicted molar refractivity (Wildman–Crippen MR) is 38.1 cm³/mol. The third kappa shape index (κ3) is 2.14. The molecule has 0 radical (unpaired) electrons. The zero-order chi connectivity index (χ0) is 6.85. The summed E-state index contributed by atoms with van der Waals surface area (Å²) in [5.41, 5.74) is -0.695. The van der Waals surface area contributed by atoms with E-state index in [1.165, 1.54) is 0 Å². The van der Waals surface area contributed by atoms with Crippen molar-refractivity contribution in [2.45, 2.75) is 23.8 Å². The van der Waals surface area contributed by atoms with Crippen molar-refractivity contribution in [2.75, 3.05) is 0 Å². The highest BCUT2D eigenvalue weighted by Gasteiger charge is 2.29. The molecule has 1 fully saturated rings. The van der Waals surface area contributed by atoms with Gasteiger partial charge < -0.3 is 4.74 Å². The van der Waals surface area contributed by atoms with Crippen LogP contribution in [0.4, 0.5) is 4.79 Å². The summed E-state index contributed by atoms with van der Waals surface area (Å²) in [6.45, 7) is 0. The zero-order valence-corrected chi connectivity index (χ0v) is 6.98. The lowest BCUT2D eigenvalue weighted by molar-refractivity contribution is 0.0758. The molecule has 0 aromatic carbocycles. The number of hydrogen-bond acceptors (Lipinski definition) is 2. The van der Waals surface area contributed by atoms with Gasteiger partial charge in [0.2, 0.25) is 0 Å². The van der Waals surface area contributed by atoms with Crippen LogP contribution in [0.25, 0.3) is 0 Å². The van der Waals surface area contributed by atoms with Crippen molar-refractivity contribution in [2.24, 2.45) is 0 Å². The van der Waals surface area contributed by atoms with Gasteiger partial charge in [-0.1, -0.05) is 15.9 Å². The first-order valence-electron chi connectivity index (χ1n) is 2.68. The van der Waals surface area contributed by atoms with Crippen molar-refractivity contribution in [1.29, 1.82) is 0 Å². The molecule has 0 aromatic heterocycles. The second-order valence-corrected chi connectivity index (χ2v) is 3.65. The largest absolute Gasteiger partial charge is 0.450 e. The maximum atomic E-state index is 10.1. The fraction of sp³-hybridized carbons (Fsp3) is 0.800. The molecule has 9 heavy (non-hydrogen) atoms. The van der Waals surface area contributed by atoms with Gasteiger partial charge in [-0.25, -0.2) is 4.79 Å². The summed E-state index contributed by atoms with van der Waals surface area (Å²) >= 11 is 8.31. The molecule has 4 heteroatoms. The van der Waals surface area contributed by atoms with Gasteiger partial charge in [-0.05, 0) is 12.8 Å². The van der Waals surface area contributed by atoms with E-state index in [1.54, 1.807) is 0 Å². The van der Waals surface area contributed by atoms with Crippen molar-refractivity contribution >= 4 is 33.0 Å². The van der Waals surface area contributed by atoms with Crippen LogP contribution in [0.5, 0.6) is 0 Å². The summed E-state index contributed by atoms with van der Waals surface area (Å²) in [6.07, 6.45) is 1.83. The number of carbonyl (C=O) groups is 1. The number of carbonyl (C=O) groups excluding carboxylic acids is 1. The van der Waals surface area contributed by atoms with Crippen molar-refractivity contribution in [3.05, 3.63) is 0 Å². The molecule has 0 unspecified atom stereocenters. The first-order valence-corrected chi connectivity index (χ1v) is 3.98. The summed E-state index contributed by atoms with van der Waals surface area (Å²) in [5.74, 6) is 0. The molecule has 1 saturated carbocycles. The maximum Gasteiger partial charge on any atom is 0.404 e. The summed E-state index contributed by atoms with van der Waals surface area (Å²) < 4.78 is 4.65. The zero-order valence-electron chi connectivity index (χ0n) is 4.64. The lowest BCUT2D eigenvalue weighted by Crippen LogP contribution is -2.32. The topological polar surface area (TPSA) is 26.3 Å². The van der Waals surface area contributed by atoms with E-state index in [2.05, 4.69) is 20.7 Å². The molecule has 0 atom stereocenters. The van der Waals surface area contributed by atoms with Gasteiger partial charge in [0.15, 0.2) is 0 Å². The van der Waals surface area contributed by atoms with Crippen LogP contribution in [-0.2, 0) is 4.74 Å². The Morgan fingerprint density at radius 3 is 2.56 bits per heavy atom. The SMILES string of the molecule is O=C(Cl)OC1CC(Br)C1. The Kier molecular flexibility index (Phi) is 2.35. The Bertz CT molecular complexity index is 122. The predicted octanol–water partition coefficient (Wildman–Crippen LogP) is 2.29. The molecule has 0 bridgehead atoms. The van der Waals surface area contributed by atoms with E-state index < -0.39 is 5.43 Å². The van der Waals surface area contributed by atoms with E-state index in [-0.39, 0.29) is 6.10 Å². The van der Waals surface area contributed by atoms with Crippen LogP contribution in [0.1, 0.15) is 12.8 Å². The van der Waals surface area contributed by atoms with Crippen molar-refractivity contribution < 1.29 is 9.53 Å². The van der Waals surface area contributed by atoms with Gasteiger partial charge in [-0.3, -0.25) is 0 Å². The number of halogens is 2. The molecule has 2 nitrogen and oxygen atoms in total. The van der Waals surface area contributed by atoms with E-state index in [4.69, 9.17) is 11.6 Å². The highest BCUT2D eigenvalue weighted by atomic mass is 79.9. The monoisotopic (exact) mass is 212 g/mol. The summed E-state index contributed by atoms with van der Waals surface area (Å²) in [6, 6.07) is 0. The molecule has 1 aliphatic carbocycles. The molecule has 0 aliphatic heterocycles. The molecular weight excluding hydrogens is 207 g/mol. The lowest BCUT2D eigenvalue weighted by atomic mass is 9.96. The fourth-order valence-corrected chi connectivity index (χ4v) is 1.69. The minimum Gasteiger partial charge on any atom is -0.450 e. The average Bonchev–Trinajstić information content (AvgIpc) is 1.60. The molecule has 0 N–H and O–H groups in total. The van der Waals surface area contributed by atoms with Gasteiger partial charge in [0, 0.05) is 16.4 Å². The molecule has 0 saturated heterocycles. The molecule has 1 rings (SSSR count). The molecule has 1 aliphatic rings. The van der Waals surface area contributed by atoms with E-state index in [9.17, 15) is 4.79 Å². The van der Waals surface area contributed by atoms with Gasteiger partial charge in [0.1, 0.15) is 6.10 Å². The highest BCUT2D eigenvalue weighted by molar-refractivity contribution is 9.09. The standard InChI is InChI=1S/C5H6BrClO2/c6-3-1-4(2-3)9-5(7)8/h3-4H,1-2H2. The quantitative estimate of drug-likeness (QED) is 0.493. The molecule has 0 heterocycles. The fourth-order valence-electron chi connectivity index (χ4n) is 0.729.